The van der Waals surface area contributed by atoms with E-state index in [-0.39, 0.29) is 0 Å². The van der Waals surface area contributed by atoms with Crippen molar-refractivity contribution in [2.24, 2.45) is 11.8 Å². The number of aromatic amines is 1. The first-order chi connectivity index (χ1) is 9.92. The Bertz CT molecular complexity index is 697. The van der Waals surface area contributed by atoms with Crippen molar-refractivity contribution in [2.75, 3.05) is 13.1 Å². The number of hydrogen-bond donors (Lipinski definition) is 1. The molecule has 0 amide bonds. The maximum absolute atomic E-state index is 3.75. The first kappa shape index (κ1) is 11.2. The minimum atomic E-state index is 0.640. The molecule has 2 heteroatoms. The predicted molar refractivity (Wildman–Crippen MR) is 81.7 cm³/mol. The molecule has 1 aromatic carbocycles. The Morgan fingerprint density at radius 3 is 3.00 bits per heavy atom. The van der Waals surface area contributed by atoms with Gasteiger partial charge in [-0.1, -0.05) is 30.4 Å². The zero-order valence-electron chi connectivity index (χ0n) is 11.7. The van der Waals surface area contributed by atoms with Crippen LogP contribution in [-0.2, 0) is 6.42 Å². The molecule has 1 aliphatic carbocycles. The van der Waals surface area contributed by atoms with Crippen LogP contribution in [0, 0.1) is 11.8 Å². The van der Waals surface area contributed by atoms with E-state index < -0.39 is 0 Å². The molecule has 0 radical (unpaired) electrons. The van der Waals surface area contributed by atoms with Gasteiger partial charge in [-0.2, -0.15) is 0 Å². The lowest BCUT2D eigenvalue weighted by Crippen LogP contribution is -2.32. The average Bonchev–Trinajstić information content (AvgIpc) is 3.04. The first-order valence-corrected chi connectivity index (χ1v) is 7.90. The van der Waals surface area contributed by atoms with E-state index in [1.165, 1.54) is 48.9 Å². The largest absolute Gasteiger partial charge is 0.357 e. The van der Waals surface area contributed by atoms with E-state index >= 15 is 0 Å². The molecule has 2 aliphatic heterocycles. The highest BCUT2D eigenvalue weighted by Gasteiger charge is 2.45. The molecule has 1 saturated heterocycles. The number of H-pyrrole nitrogens is 1. The first-order valence-electron chi connectivity index (χ1n) is 7.90. The molecule has 1 fully saturated rings. The molecule has 2 aromatic rings. The topological polar surface area (TPSA) is 19.0 Å². The van der Waals surface area contributed by atoms with E-state index in [0.29, 0.717) is 6.04 Å². The van der Waals surface area contributed by atoms with Gasteiger partial charge in [0.25, 0.3) is 0 Å². The summed E-state index contributed by atoms with van der Waals surface area (Å²) < 4.78 is 0. The summed E-state index contributed by atoms with van der Waals surface area (Å²) in [6.07, 6.45) is 8.56. The monoisotopic (exact) mass is 264 g/mol. The van der Waals surface area contributed by atoms with Gasteiger partial charge in [0.15, 0.2) is 0 Å². The fourth-order valence-electron chi connectivity index (χ4n) is 4.80. The van der Waals surface area contributed by atoms with E-state index in [4.69, 9.17) is 0 Å². The van der Waals surface area contributed by atoms with Crippen molar-refractivity contribution in [1.29, 1.82) is 0 Å². The van der Waals surface area contributed by atoms with E-state index in [9.17, 15) is 0 Å². The van der Waals surface area contributed by atoms with E-state index in [1.807, 2.05) is 0 Å². The third kappa shape index (κ3) is 1.38. The number of fused-ring (bicyclic) bond motifs is 7. The summed E-state index contributed by atoms with van der Waals surface area (Å²) in [6, 6.07) is 9.46. The smallest absolute Gasteiger partial charge is 0.0536 e. The molecule has 5 rings (SSSR count). The van der Waals surface area contributed by atoms with Crippen LogP contribution in [0.15, 0.2) is 36.4 Å². The van der Waals surface area contributed by atoms with Gasteiger partial charge in [-0.25, -0.2) is 0 Å². The highest BCUT2D eigenvalue weighted by atomic mass is 15.2. The maximum atomic E-state index is 3.75. The number of rotatable bonds is 0. The third-order valence-corrected chi connectivity index (χ3v) is 5.68. The Balaban J connectivity index is 1.68. The molecule has 0 bridgehead atoms. The third-order valence-electron chi connectivity index (χ3n) is 5.68. The van der Waals surface area contributed by atoms with Gasteiger partial charge in [0, 0.05) is 29.7 Å². The second-order valence-corrected chi connectivity index (χ2v) is 6.62. The normalized spacial score (nSPS) is 32.1. The minimum Gasteiger partial charge on any atom is -0.357 e. The van der Waals surface area contributed by atoms with Crippen LogP contribution in [0.2, 0.25) is 0 Å². The van der Waals surface area contributed by atoms with Gasteiger partial charge in [0.1, 0.15) is 0 Å². The summed E-state index contributed by atoms with van der Waals surface area (Å²) in [5, 5.41) is 1.46. The molecule has 3 aliphatic rings. The van der Waals surface area contributed by atoms with Crippen molar-refractivity contribution in [3.8, 4) is 0 Å². The van der Waals surface area contributed by atoms with Gasteiger partial charge in [-0.15, -0.1) is 0 Å². The predicted octanol–water partition coefficient (Wildman–Crippen LogP) is 3.66. The molecule has 1 N–H and O–H groups in total. The summed E-state index contributed by atoms with van der Waals surface area (Å²) in [5.74, 6) is 1.70. The standard InChI is InChI=1S/C18H20N2/c1-2-6-13-12(5-1)11-20-10-9-15-14-7-3-4-8-16(14)19-17(15)18(13)20/h1-4,7-8,12-13,18-19H,5-6,9-11H2/t12-,13+,18+/m1/s1. The quantitative estimate of drug-likeness (QED) is 0.719. The molecule has 3 atom stereocenters. The summed E-state index contributed by atoms with van der Waals surface area (Å²) in [5.41, 5.74) is 4.45. The molecule has 0 unspecified atom stereocenters. The number of para-hydroxylation sites is 1. The van der Waals surface area contributed by atoms with E-state index in [2.05, 4.69) is 46.3 Å². The lowest BCUT2D eigenvalue weighted by Gasteiger charge is -2.33. The molecular weight excluding hydrogens is 244 g/mol. The highest BCUT2D eigenvalue weighted by molar-refractivity contribution is 5.85. The summed E-state index contributed by atoms with van der Waals surface area (Å²) in [6.45, 7) is 2.54. The average molecular weight is 264 g/mol. The molecule has 20 heavy (non-hydrogen) atoms. The second kappa shape index (κ2) is 3.98. The SMILES string of the molecule is C1=CC[C@H]2[C@H](C1)CN1CCc3c([nH]c4ccccc34)[C@H]21. The second-order valence-electron chi connectivity index (χ2n) is 6.62. The fraction of sp³-hybridized carbons (Fsp3) is 0.444. The van der Waals surface area contributed by atoms with Gasteiger partial charge in [-0.05, 0) is 42.7 Å². The summed E-state index contributed by atoms with van der Waals surface area (Å²) in [7, 11) is 0. The van der Waals surface area contributed by atoms with Gasteiger partial charge in [0.05, 0.1) is 6.04 Å². The van der Waals surface area contributed by atoms with Crippen LogP contribution in [0.25, 0.3) is 10.9 Å². The van der Waals surface area contributed by atoms with Gasteiger partial charge in [-0.3, -0.25) is 4.90 Å². The van der Waals surface area contributed by atoms with Crippen LogP contribution >= 0.6 is 0 Å². The molecule has 3 heterocycles. The fourth-order valence-corrected chi connectivity index (χ4v) is 4.80. The van der Waals surface area contributed by atoms with Gasteiger partial charge >= 0.3 is 0 Å². The Hall–Kier alpha value is -1.54. The maximum Gasteiger partial charge on any atom is 0.0536 e. The van der Waals surface area contributed by atoms with Gasteiger partial charge < -0.3 is 4.98 Å². The van der Waals surface area contributed by atoms with Crippen molar-refractivity contribution >= 4 is 10.9 Å². The number of nitrogens with one attached hydrogen (secondary N) is 1. The number of aromatic nitrogens is 1. The number of hydrogen-bond acceptors (Lipinski definition) is 1. The number of nitrogens with zero attached hydrogens (tertiary/aromatic N) is 1. The van der Waals surface area contributed by atoms with Crippen molar-refractivity contribution < 1.29 is 0 Å². The highest BCUT2D eigenvalue weighted by Crippen LogP contribution is 2.49. The van der Waals surface area contributed by atoms with Gasteiger partial charge in [0.2, 0.25) is 0 Å². The van der Waals surface area contributed by atoms with Crippen LogP contribution in [-0.4, -0.2) is 23.0 Å². The van der Waals surface area contributed by atoms with Crippen LogP contribution in [0.5, 0.6) is 0 Å². The van der Waals surface area contributed by atoms with Crippen molar-refractivity contribution in [3.63, 3.8) is 0 Å². The molecular formula is C18H20N2. The van der Waals surface area contributed by atoms with Crippen molar-refractivity contribution in [2.45, 2.75) is 25.3 Å². The lowest BCUT2D eigenvalue weighted by atomic mass is 9.80. The summed E-state index contributed by atoms with van der Waals surface area (Å²) in [4.78, 5) is 6.49. The zero-order chi connectivity index (χ0) is 13.1. The van der Waals surface area contributed by atoms with E-state index in [0.717, 1.165) is 11.8 Å². The minimum absolute atomic E-state index is 0.640. The van der Waals surface area contributed by atoms with Crippen molar-refractivity contribution in [3.05, 3.63) is 47.7 Å². The summed E-state index contributed by atoms with van der Waals surface area (Å²) >= 11 is 0. The van der Waals surface area contributed by atoms with Crippen molar-refractivity contribution in [1.82, 2.24) is 9.88 Å². The number of allylic oxidation sites excluding steroid dienone is 2. The molecule has 2 nitrogen and oxygen atoms in total. The Kier molecular flexibility index (Phi) is 2.22. The molecule has 1 aromatic heterocycles. The van der Waals surface area contributed by atoms with Crippen LogP contribution in [0.3, 0.4) is 0 Å². The Morgan fingerprint density at radius 2 is 2.00 bits per heavy atom. The number of benzene rings is 1. The molecule has 0 saturated carbocycles. The molecule has 0 spiro atoms. The zero-order valence-corrected chi connectivity index (χ0v) is 11.7. The Labute approximate surface area is 119 Å². The Morgan fingerprint density at radius 1 is 1.10 bits per heavy atom. The van der Waals surface area contributed by atoms with E-state index in [1.54, 1.807) is 5.56 Å². The lowest BCUT2D eigenvalue weighted by molar-refractivity contribution is 0.211. The van der Waals surface area contributed by atoms with Crippen LogP contribution in [0.4, 0.5) is 0 Å². The molecule has 102 valence electrons. The van der Waals surface area contributed by atoms with Crippen LogP contribution in [0.1, 0.15) is 30.1 Å². The van der Waals surface area contributed by atoms with Crippen LogP contribution < -0.4 is 0 Å².